The first kappa shape index (κ1) is 26.9. The van der Waals surface area contributed by atoms with E-state index in [-0.39, 0.29) is 29.4 Å². The number of halogens is 1. The Morgan fingerprint density at radius 1 is 1.06 bits per heavy atom. The molecule has 0 aliphatic carbocycles. The molecule has 33 heavy (non-hydrogen) atoms. The van der Waals surface area contributed by atoms with Crippen LogP contribution in [-0.2, 0) is 21.5 Å². The maximum atomic E-state index is 13.3. The van der Waals surface area contributed by atoms with Gasteiger partial charge >= 0.3 is 0 Å². The number of carbonyl (C=O) groups excluding carboxylic acids is 2. The Morgan fingerprint density at radius 3 is 2.27 bits per heavy atom. The van der Waals surface area contributed by atoms with Crippen molar-refractivity contribution in [1.82, 2.24) is 10.2 Å². The third-order valence-electron chi connectivity index (χ3n) is 5.25. The third kappa shape index (κ3) is 8.18. The molecule has 2 aromatic rings. The monoisotopic (exact) mass is 516 g/mol. The van der Waals surface area contributed by atoms with Crippen LogP contribution < -0.4 is 10.1 Å². The van der Waals surface area contributed by atoms with Crippen LogP contribution in [0.3, 0.4) is 0 Å². The number of carbonyl (C=O) groups is 2. The predicted octanol–water partition coefficient (Wildman–Crippen LogP) is 5.77. The second kappa shape index (κ2) is 10.7. The maximum Gasteiger partial charge on any atom is 0.261 e. The van der Waals surface area contributed by atoms with Gasteiger partial charge in [-0.3, -0.25) is 9.59 Å². The Balaban J connectivity index is 2.21. The normalized spacial score (nSPS) is 12.8. The van der Waals surface area contributed by atoms with Crippen molar-refractivity contribution < 1.29 is 14.3 Å². The predicted molar refractivity (Wildman–Crippen MR) is 137 cm³/mol. The van der Waals surface area contributed by atoms with Gasteiger partial charge in [0.15, 0.2) is 6.61 Å². The molecule has 1 N–H and O–H groups in total. The molecule has 5 nitrogen and oxygen atoms in total. The zero-order chi connectivity index (χ0) is 25.0. The zero-order valence-corrected chi connectivity index (χ0v) is 22.7. The van der Waals surface area contributed by atoms with Gasteiger partial charge < -0.3 is 15.0 Å². The topological polar surface area (TPSA) is 58.6 Å². The molecule has 0 spiro atoms. The van der Waals surface area contributed by atoms with E-state index in [0.717, 1.165) is 15.6 Å². The number of nitrogens with one attached hydrogen (secondary N) is 1. The second-order valence-electron chi connectivity index (χ2n) is 10.6. The summed E-state index contributed by atoms with van der Waals surface area (Å²) in [5, 5.41) is 2.97. The Morgan fingerprint density at radius 2 is 1.73 bits per heavy atom. The zero-order valence-electron chi connectivity index (χ0n) is 21.1. The number of benzene rings is 2. The van der Waals surface area contributed by atoms with Crippen LogP contribution in [0.2, 0.25) is 0 Å². The van der Waals surface area contributed by atoms with Crippen molar-refractivity contribution in [3.63, 3.8) is 0 Å². The van der Waals surface area contributed by atoms with E-state index in [2.05, 4.69) is 42.0 Å². The van der Waals surface area contributed by atoms with E-state index in [1.54, 1.807) is 11.8 Å². The van der Waals surface area contributed by atoms with Crippen LogP contribution in [0.4, 0.5) is 0 Å². The summed E-state index contributed by atoms with van der Waals surface area (Å²) in [5.41, 5.74) is 2.86. The molecule has 2 aromatic carbocycles. The molecule has 0 saturated heterocycles. The lowest BCUT2D eigenvalue weighted by Crippen LogP contribution is -2.53. The molecule has 6 heteroatoms. The highest BCUT2D eigenvalue weighted by molar-refractivity contribution is 9.10. The summed E-state index contributed by atoms with van der Waals surface area (Å²) in [4.78, 5) is 27.7. The van der Waals surface area contributed by atoms with Crippen molar-refractivity contribution in [2.24, 2.45) is 0 Å². The summed E-state index contributed by atoms with van der Waals surface area (Å²) in [7, 11) is 0. The van der Waals surface area contributed by atoms with E-state index >= 15 is 0 Å². The quantitative estimate of drug-likeness (QED) is 0.508. The van der Waals surface area contributed by atoms with Gasteiger partial charge in [0.2, 0.25) is 5.91 Å². The molecular weight excluding hydrogens is 480 g/mol. The highest BCUT2D eigenvalue weighted by Gasteiger charge is 2.29. The minimum atomic E-state index is -0.646. The molecule has 0 radical (unpaired) electrons. The summed E-state index contributed by atoms with van der Waals surface area (Å²) in [6, 6.07) is 13.2. The van der Waals surface area contributed by atoms with E-state index < -0.39 is 6.04 Å². The lowest BCUT2D eigenvalue weighted by molar-refractivity contribution is -0.142. The Hall–Kier alpha value is -2.34. The number of aryl methyl sites for hydroxylation is 1. The van der Waals surface area contributed by atoms with Crippen molar-refractivity contribution in [3.05, 3.63) is 63.6 Å². The first-order chi connectivity index (χ1) is 15.2. The van der Waals surface area contributed by atoms with Gasteiger partial charge in [-0.05, 0) is 79.2 Å². The Kier molecular flexibility index (Phi) is 8.75. The van der Waals surface area contributed by atoms with Crippen molar-refractivity contribution in [3.8, 4) is 5.75 Å². The number of hydrogen-bond donors (Lipinski definition) is 1. The van der Waals surface area contributed by atoms with Crippen LogP contribution in [0.5, 0.6) is 5.75 Å². The van der Waals surface area contributed by atoms with E-state index in [1.165, 1.54) is 5.56 Å². The van der Waals surface area contributed by atoms with Gasteiger partial charge in [0.05, 0.1) is 4.47 Å². The Bertz CT molecular complexity index is 990. The molecule has 0 bridgehead atoms. The molecular formula is C27H37BrN2O3. The van der Waals surface area contributed by atoms with Gasteiger partial charge in [-0.2, -0.15) is 0 Å². The van der Waals surface area contributed by atoms with Gasteiger partial charge in [-0.15, -0.1) is 0 Å². The van der Waals surface area contributed by atoms with E-state index in [1.807, 2.05) is 70.2 Å². The molecule has 0 aliphatic heterocycles. The van der Waals surface area contributed by atoms with Crippen molar-refractivity contribution >= 4 is 27.7 Å². The fourth-order valence-electron chi connectivity index (χ4n) is 3.37. The van der Waals surface area contributed by atoms with Crippen molar-refractivity contribution in [1.29, 1.82) is 0 Å². The number of amides is 2. The van der Waals surface area contributed by atoms with Gasteiger partial charge in [0.25, 0.3) is 5.91 Å². The lowest BCUT2D eigenvalue weighted by Gasteiger charge is -2.31. The molecule has 0 heterocycles. The average Bonchev–Trinajstić information content (AvgIpc) is 2.68. The van der Waals surface area contributed by atoms with Crippen molar-refractivity contribution in [2.45, 2.75) is 78.9 Å². The van der Waals surface area contributed by atoms with Crippen LogP contribution in [0.15, 0.2) is 46.9 Å². The number of nitrogens with zero attached hydrogens (tertiary/aromatic N) is 1. The first-order valence-electron chi connectivity index (χ1n) is 11.3. The van der Waals surface area contributed by atoms with Gasteiger partial charge in [-0.25, -0.2) is 0 Å². The van der Waals surface area contributed by atoms with Gasteiger partial charge in [0.1, 0.15) is 11.8 Å². The fraction of sp³-hybridized carbons (Fsp3) is 0.481. The number of rotatable bonds is 7. The molecule has 0 saturated carbocycles. The van der Waals surface area contributed by atoms with E-state index in [4.69, 9.17) is 4.74 Å². The van der Waals surface area contributed by atoms with Crippen molar-refractivity contribution in [2.75, 3.05) is 6.61 Å². The van der Waals surface area contributed by atoms with Crippen LogP contribution in [-0.4, -0.2) is 34.9 Å². The molecule has 2 amide bonds. The summed E-state index contributed by atoms with van der Waals surface area (Å²) in [6.07, 6.45) is 0. The van der Waals surface area contributed by atoms with Gasteiger partial charge in [0, 0.05) is 12.1 Å². The average molecular weight is 518 g/mol. The SMILES string of the molecule is Cc1cccc(CN(C(=O)COc2ccc(C(C)(C)C)cc2Br)C(C)C(=O)NC(C)(C)C)c1. The minimum absolute atomic E-state index is 0.0112. The summed E-state index contributed by atoms with van der Waals surface area (Å²) >= 11 is 3.56. The molecule has 2 rings (SSSR count). The molecule has 0 fully saturated rings. The molecule has 1 atom stereocenters. The number of ether oxygens (including phenoxy) is 1. The summed E-state index contributed by atoms with van der Waals surface area (Å²) in [6.45, 7) is 16.1. The molecule has 0 aromatic heterocycles. The third-order valence-corrected chi connectivity index (χ3v) is 5.87. The Labute approximate surface area is 207 Å². The smallest absolute Gasteiger partial charge is 0.261 e. The summed E-state index contributed by atoms with van der Waals surface area (Å²) in [5.74, 6) is 0.151. The lowest BCUT2D eigenvalue weighted by atomic mass is 9.87. The summed E-state index contributed by atoms with van der Waals surface area (Å²) < 4.78 is 6.67. The largest absolute Gasteiger partial charge is 0.483 e. The van der Waals surface area contributed by atoms with Crippen LogP contribution in [0, 0.1) is 6.92 Å². The van der Waals surface area contributed by atoms with E-state index in [9.17, 15) is 9.59 Å². The highest BCUT2D eigenvalue weighted by Crippen LogP contribution is 2.31. The molecule has 1 unspecified atom stereocenters. The standard InChI is InChI=1S/C27H37BrN2O3/c1-18-10-9-11-20(14-18)16-30(19(2)25(32)29-27(6,7)8)24(31)17-33-23-13-12-21(15-22(23)28)26(3,4)5/h9-15,19H,16-17H2,1-8H3,(H,29,32). The van der Waals surface area contributed by atoms with Crippen LogP contribution in [0.25, 0.3) is 0 Å². The first-order valence-corrected chi connectivity index (χ1v) is 12.1. The minimum Gasteiger partial charge on any atom is -0.483 e. The molecule has 0 aliphatic rings. The highest BCUT2D eigenvalue weighted by atomic mass is 79.9. The van der Waals surface area contributed by atoms with Gasteiger partial charge in [-0.1, -0.05) is 56.7 Å². The fourth-order valence-corrected chi connectivity index (χ4v) is 3.86. The van der Waals surface area contributed by atoms with E-state index in [0.29, 0.717) is 12.3 Å². The van der Waals surface area contributed by atoms with Crippen LogP contribution >= 0.6 is 15.9 Å². The molecule has 180 valence electrons. The number of hydrogen-bond acceptors (Lipinski definition) is 3. The van der Waals surface area contributed by atoms with Crippen LogP contribution in [0.1, 0.15) is 65.2 Å². The maximum absolute atomic E-state index is 13.3. The second-order valence-corrected chi connectivity index (χ2v) is 11.5.